The summed E-state index contributed by atoms with van der Waals surface area (Å²) in [6.45, 7) is 5.75. The van der Waals surface area contributed by atoms with E-state index in [2.05, 4.69) is 29.3 Å². The van der Waals surface area contributed by atoms with E-state index in [0.717, 1.165) is 49.2 Å². The van der Waals surface area contributed by atoms with Crippen LogP contribution in [-0.2, 0) is 12.4 Å². The highest BCUT2D eigenvalue weighted by Crippen LogP contribution is 2.31. The number of nitrogens with zero attached hydrogens (tertiary/aromatic N) is 6. The Labute approximate surface area is 175 Å². The Bertz CT molecular complexity index is 729. The fourth-order valence-electron chi connectivity index (χ4n) is 2.63. The Balaban J connectivity index is 0.000000171. The van der Waals surface area contributed by atoms with Crippen LogP contribution in [0, 0.1) is 0 Å². The van der Waals surface area contributed by atoms with Gasteiger partial charge in [0.2, 0.25) is 21.9 Å². The van der Waals surface area contributed by atoms with Crippen molar-refractivity contribution < 1.29 is 26.3 Å². The molecule has 2 aliphatic heterocycles. The van der Waals surface area contributed by atoms with Gasteiger partial charge in [-0.1, -0.05) is 0 Å². The molecule has 2 aromatic rings. The van der Waals surface area contributed by atoms with Gasteiger partial charge in [-0.2, -0.15) is 45.1 Å². The molecule has 2 fully saturated rings. The normalized spacial score (nSPS) is 18.2. The maximum Gasteiger partial charge on any atom is 0.452 e. The van der Waals surface area contributed by atoms with Crippen molar-refractivity contribution in [3.05, 3.63) is 11.6 Å². The third-order valence-corrected chi connectivity index (χ3v) is 5.67. The molecule has 30 heavy (non-hydrogen) atoms. The zero-order valence-corrected chi connectivity index (χ0v) is 17.1. The Morgan fingerprint density at radius 3 is 1.23 bits per heavy atom. The first-order valence-electron chi connectivity index (χ1n) is 8.88. The van der Waals surface area contributed by atoms with Crippen LogP contribution in [0.2, 0.25) is 0 Å². The summed E-state index contributed by atoms with van der Waals surface area (Å²) in [4.78, 5) is 10.6. The van der Waals surface area contributed by atoms with Crippen LogP contribution in [0.25, 0.3) is 0 Å². The summed E-state index contributed by atoms with van der Waals surface area (Å²) in [5.41, 5.74) is 0. The predicted octanol–water partition coefficient (Wildman–Crippen LogP) is 1.93. The largest absolute Gasteiger partial charge is 0.452 e. The van der Waals surface area contributed by atoms with E-state index in [-0.39, 0.29) is 0 Å². The van der Waals surface area contributed by atoms with Gasteiger partial charge in [-0.15, -0.1) is 0 Å². The number of aromatic nitrogens is 4. The monoisotopic (exact) mass is 476 g/mol. The van der Waals surface area contributed by atoms with Gasteiger partial charge in [0.05, 0.1) is 0 Å². The maximum absolute atomic E-state index is 12.2. The zero-order chi connectivity index (χ0) is 21.8. The highest BCUT2D eigenvalue weighted by molar-refractivity contribution is 7.10. The lowest BCUT2D eigenvalue weighted by atomic mass is 10.4. The molecule has 0 atom stereocenters. The summed E-state index contributed by atoms with van der Waals surface area (Å²) in [5, 5.41) is 6.93. The number of rotatable bonds is 2. The van der Waals surface area contributed by atoms with E-state index in [4.69, 9.17) is 0 Å². The summed E-state index contributed by atoms with van der Waals surface area (Å²) in [6, 6.07) is 0. The second kappa shape index (κ2) is 9.57. The molecule has 16 heteroatoms. The van der Waals surface area contributed by atoms with Gasteiger partial charge in [-0.25, -0.2) is 0 Å². The van der Waals surface area contributed by atoms with E-state index in [9.17, 15) is 26.3 Å². The average Bonchev–Trinajstić information content (AvgIpc) is 3.40. The van der Waals surface area contributed by atoms with E-state index in [1.807, 2.05) is 9.80 Å². The summed E-state index contributed by atoms with van der Waals surface area (Å²) < 4.78 is 79.9. The number of hydrogen-bond donors (Lipinski definition) is 2. The molecular formula is C14H18F6N8S2. The molecule has 2 saturated heterocycles. The smallest absolute Gasteiger partial charge is 0.344 e. The van der Waals surface area contributed by atoms with E-state index in [1.165, 1.54) is 0 Å². The highest BCUT2D eigenvalue weighted by atomic mass is 32.1. The van der Waals surface area contributed by atoms with E-state index >= 15 is 0 Å². The van der Waals surface area contributed by atoms with Gasteiger partial charge in [0.1, 0.15) is 0 Å². The van der Waals surface area contributed by atoms with Crippen LogP contribution in [0.5, 0.6) is 0 Å². The van der Waals surface area contributed by atoms with Crippen molar-refractivity contribution in [3.63, 3.8) is 0 Å². The van der Waals surface area contributed by atoms with Gasteiger partial charge >= 0.3 is 12.4 Å². The molecule has 0 bridgehead atoms. The minimum Gasteiger partial charge on any atom is -0.344 e. The minimum atomic E-state index is -4.44. The van der Waals surface area contributed by atoms with E-state index in [1.54, 1.807) is 0 Å². The molecule has 2 N–H and O–H groups in total. The minimum absolute atomic E-state index is 0.351. The summed E-state index contributed by atoms with van der Waals surface area (Å²) in [5.74, 6) is -2.08. The second-order valence-electron chi connectivity index (χ2n) is 6.27. The molecule has 168 valence electrons. The van der Waals surface area contributed by atoms with Crippen molar-refractivity contribution >= 4 is 33.3 Å². The number of alkyl halides is 6. The first-order chi connectivity index (χ1) is 14.1. The first-order valence-corrected chi connectivity index (χ1v) is 10.4. The quantitative estimate of drug-likeness (QED) is 0.637. The van der Waals surface area contributed by atoms with Gasteiger partial charge in [-0.05, 0) is 0 Å². The molecule has 2 aliphatic rings. The Kier molecular flexibility index (Phi) is 7.30. The molecule has 0 radical (unpaired) electrons. The van der Waals surface area contributed by atoms with Crippen LogP contribution in [0.15, 0.2) is 0 Å². The topological polar surface area (TPSA) is 82.1 Å². The molecule has 0 saturated carbocycles. The molecule has 0 spiro atoms. The Hall–Kier alpha value is -1.78. The van der Waals surface area contributed by atoms with E-state index < -0.39 is 24.0 Å². The van der Waals surface area contributed by atoms with Crippen molar-refractivity contribution in [3.8, 4) is 0 Å². The Morgan fingerprint density at radius 1 is 0.633 bits per heavy atom. The SMILES string of the molecule is FC(F)(F)c1nsc(N2CCNCC2)n1.FC(F)(F)c1nsc(N2CCNCC2)n1. The van der Waals surface area contributed by atoms with Crippen LogP contribution >= 0.6 is 23.1 Å². The first kappa shape index (κ1) is 22.9. The maximum atomic E-state index is 12.2. The molecule has 4 rings (SSSR count). The third-order valence-electron chi connectivity index (χ3n) is 4.11. The standard InChI is InChI=1S/2C7H9F3N4S/c2*8-7(9,10)5-12-6(15-13-5)14-3-1-11-2-4-14/h2*11H,1-4H2. The molecule has 2 aromatic heterocycles. The van der Waals surface area contributed by atoms with Gasteiger partial charge in [-0.3, -0.25) is 0 Å². The van der Waals surface area contributed by atoms with Crippen molar-refractivity contribution in [2.45, 2.75) is 12.4 Å². The zero-order valence-electron chi connectivity index (χ0n) is 15.4. The molecule has 0 amide bonds. The summed E-state index contributed by atoms with van der Waals surface area (Å²) >= 11 is 1.60. The van der Waals surface area contributed by atoms with Gasteiger partial charge in [0.25, 0.3) is 0 Å². The van der Waals surface area contributed by atoms with E-state index in [0.29, 0.717) is 36.4 Å². The van der Waals surface area contributed by atoms with Gasteiger partial charge < -0.3 is 20.4 Å². The molecular weight excluding hydrogens is 458 g/mol. The lowest BCUT2D eigenvalue weighted by Crippen LogP contribution is -2.43. The van der Waals surface area contributed by atoms with Crippen LogP contribution in [-0.4, -0.2) is 71.1 Å². The number of halogens is 6. The number of nitrogens with one attached hydrogen (secondary N) is 2. The van der Waals surface area contributed by atoms with Crippen molar-refractivity contribution in [1.82, 2.24) is 29.3 Å². The molecule has 8 nitrogen and oxygen atoms in total. The molecule has 4 heterocycles. The van der Waals surface area contributed by atoms with Crippen molar-refractivity contribution in [2.75, 3.05) is 62.2 Å². The van der Waals surface area contributed by atoms with Crippen molar-refractivity contribution in [1.29, 1.82) is 0 Å². The van der Waals surface area contributed by atoms with Crippen LogP contribution in [0.1, 0.15) is 11.6 Å². The molecule has 0 aliphatic carbocycles. The van der Waals surface area contributed by atoms with Crippen LogP contribution < -0.4 is 20.4 Å². The fourth-order valence-corrected chi connectivity index (χ4v) is 4.11. The lowest BCUT2D eigenvalue weighted by Gasteiger charge is -2.26. The van der Waals surface area contributed by atoms with Gasteiger partial charge in [0.15, 0.2) is 0 Å². The second-order valence-corrected chi connectivity index (χ2v) is 7.73. The molecule has 0 unspecified atom stereocenters. The number of anilines is 2. The fraction of sp³-hybridized carbons (Fsp3) is 0.714. The van der Waals surface area contributed by atoms with Crippen LogP contribution in [0.3, 0.4) is 0 Å². The summed E-state index contributed by atoms with van der Waals surface area (Å²) in [7, 11) is 0. The van der Waals surface area contributed by atoms with Crippen molar-refractivity contribution in [2.24, 2.45) is 0 Å². The third kappa shape index (κ3) is 6.12. The Morgan fingerprint density at radius 2 is 0.967 bits per heavy atom. The number of hydrogen-bond acceptors (Lipinski definition) is 10. The highest BCUT2D eigenvalue weighted by Gasteiger charge is 2.37. The van der Waals surface area contributed by atoms with Gasteiger partial charge in [0, 0.05) is 75.4 Å². The molecule has 0 aromatic carbocycles. The lowest BCUT2D eigenvalue weighted by molar-refractivity contribution is -0.144. The predicted molar refractivity (Wildman–Crippen MR) is 100.0 cm³/mol. The number of piperazine rings is 2. The van der Waals surface area contributed by atoms with Crippen LogP contribution in [0.4, 0.5) is 36.6 Å². The summed E-state index contributed by atoms with van der Waals surface area (Å²) in [6.07, 6.45) is -8.88. The average molecular weight is 476 g/mol.